The van der Waals surface area contributed by atoms with E-state index < -0.39 is 0 Å². The summed E-state index contributed by atoms with van der Waals surface area (Å²) < 4.78 is 5.18. The van der Waals surface area contributed by atoms with Crippen molar-refractivity contribution in [2.45, 2.75) is 25.4 Å². The fraction of sp³-hybridized carbons (Fsp3) is 0.429. The van der Waals surface area contributed by atoms with Gasteiger partial charge in [0.2, 0.25) is 0 Å². The number of likely N-dealkylation sites (tertiary alicyclic amines) is 1. The van der Waals surface area contributed by atoms with E-state index in [1.807, 2.05) is 12.1 Å². The van der Waals surface area contributed by atoms with Gasteiger partial charge in [-0.15, -0.1) is 0 Å². The predicted octanol–water partition coefficient (Wildman–Crippen LogP) is 3.36. The molecule has 0 aromatic heterocycles. The molecule has 1 fully saturated rings. The van der Waals surface area contributed by atoms with E-state index in [0.29, 0.717) is 6.04 Å². The highest BCUT2D eigenvalue weighted by Crippen LogP contribution is 2.15. The summed E-state index contributed by atoms with van der Waals surface area (Å²) in [5.41, 5.74) is 2.55. The van der Waals surface area contributed by atoms with Gasteiger partial charge in [-0.1, -0.05) is 30.3 Å². The fourth-order valence-corrected chi connectivity index (χ4v) is 3.33. The molecule has 0 unspecified atom stereocenters. The van der Waals surface area contributed by atoms with Gasteiger partial charge in [-0.2, -0.15) is 0 Å². The topological polar surface area (TPSA) is 36.5 Å². The first kappa shape index (κ1) is 17.8. The third kappa shape index (κ3) is 5.76. The van der Waals surface area contributed by atoms with Gasteiger partial charge in [-0.05, 0) is 55.8 Å². The van der Waals surface area contributed by atoms with Gasteiger partial charge in [0.25, 0.3) is 0 Å². The Morgan fingerprint density at radius 1 is 0.960 bits per heavy atom. The molecule has 0 aliphatic carbocycles. The van der Waals surface area contributed by atoms with E-state index in [0.717, 1.165) is 31.1 Å². The number of hydrogen-bond donors (Lipinski definition) is 2. The number of benzene rings is 2. The molecule has 0 atom stereocenters. The van der Waals surface area contributed by atoms with Crippen molar-refractivity contribution in [1.82, 2.24) is 10.2 Å². The van der Waals surface area contributed by atoms with Crippen LogP contribution < -0.4 is 15.4 Å². The quantitative estimate of drug-likeness (QED) is 0.723. The minimum atomic E-state index is 0.643. The molecular formula is C21H29N3O. The van der Waals surface area contributed by atoms with E-state index in [2.05, 4.69) is 58.0 Å². The van der Waals surface area contributed by atoms with Crippen LogP contribution in [0.1, 0.15) is 18.4 Å². The molecule has 2 aromatic rings. The molecule has 4 heteroatoms. The van der Waals surface area contributed by atoms with Gasteiger partial charge < -0.3 is 15.4 Å². The molecule has 3 rings (SSSR count). The third-order valence-corrected chi connectivity index (χ3v) is 4.81. The zero-order valence-corrected chi connectivity index (χ0v) is 15.1. The van der Waals surface area contributed by atoms with Crippen LogP contribution in [0, 0.1) is 0 Å². The van der Waals surface area contributed by atoms with Crippen molar-refractivity contribution in [3.8, 4) is 5.75 Å². The smallest absolute Gasteiger partial charge is 0.119 e. The summed E-state index contributed by atoms with van der Waals surface area (Å²) in [6.45, 7) is 5.37. The van der Waals surface area contributed by atoms with Crippen molar-refractivity contribution in [3.05, 3.63) is 60.2 Å². The van der Waals surface area contributed by atoms with E-state index in [1.54, 1.807) is 7.11 Å². The van der Waals surface area contributed by atoms with E-state index >= 15 is 0 Å². The Morgan fingerprint density at radius 3 is 2.36 bits per heavy atom. The van der Waals surface area contributed by atoms with E-state index in [-0.39, 0.29) is 0 Å². The standard InChI is InChI=1S/C21H29N3O/c1-25-21-9-7-19(8-10-21)22-13-14-23-20-11-15-24(16-12-20)17-18-5-3-2-4-6-18/h2-10,20,22-23H,11-17H2,1H3. The van der Waals surface area contributed by atoms with E-state index in [1.165, 1.54) is 31.5 Å². The Labute approximate surface area is 151 Å². The lowest BCUT2D eigenvalue weighted by molar-refractivity contribution is 0.191. The molecular weight excluding hydrogens is 310 g/mol. The average molecular weight is 339 g/mol. The van der Waals surface area contributed by atoms with Gasteiger partial charge in [-0.3, -0.25) is 4.90 Å². The normalized spacial score (nSPS) is 15.9. The van der Waals surface area contributed by atoms with Gasteiger partial charge in [0.15, 0.2) is 0 Å². The number of nitrogens with one attached hydrogen (secondary N) is 2. The van der Waals surface area contributed by atoms with Crippen molar-refractivity contribution in [2.24, 2.45) is 0 Å². The van der Waals surface area contributed by atoms with Gasteiger partial charge in [0.1, 0.15) is 5.75 Å². The first-order valence-corrected chi connectivity index (χ1v) is 9.21. The Kier molecular flexibility index (Phi) is 6.71. The Morgan fingerprint density at radius 2 is 1.68 bits per heavy atom. The highest BCUT2D eigenvalue weighted by Gasteiger charge is 2.18. The van der Waals surface area contributed by atoms with Crippen LogP contribution in [0.4, 0.5) is 5.69 Å². The summed E-state index contributed by atoms with van der Waals surface area (Å²) in [6, 6.07) is 19.5. The lowest BCUT2D eigenvalue weighted by Crippen LogP contribution is -2.43. The fourth-order valence-electron chi connectivity index (χ4n) is 3.33. The second kappa shape index (κ2) is 9.44. The number of ether oxygens (including phenoxy) is 1. The van der Waals surface area contributed by atoms with Crippen molar-refractivity contribution in [3.63, 3.8) is 0 Å². The maximum atomic E-state index is 5.18. The SMILES string of the molecule is COc1ccc(NCCNC2CCN(Cc3ccccc3)CC2)cc1. The molecule has 1 saturated heterocycles. The number of rotatable bonds is 8. The maximum Gasteiger partial charge on any atom is 0.119 e. The zero-order chi connectivity index (χ0) is 17.3. The molecule has 0 bridgehead atoms. The molecule has 0 radical (unpaired) electrons. The maximum absolute atomic E-state index is 5.18. The van der Waals surface area contributed by atoms with Crippen molar-refractivity contribution in [2.75, 3.05) is 38.6 Å². The lowest BCUT2D eigenvalue weighted by Gasteiger charge is -2.32. The van der Waals surface area contributed by atoms with Crippen LogP contribution in [0.15, 0.2) is 54.6 Å². The van der Waals surface area contributed by atoms with Crippen molar-refractivity contribution < 1.29 is 4.74 Å². The van der Waals surface area contributed by atoms with Crippen molar-refractivity contribution in [1.29, 1.82) is 0 Å². The number of methoxy groups -OCH3 is 1. The molecule has 25 heavy (non-hydrogen) atoms. The molecule has 134 valence electrons. The third-order valence-electron chi connectivity index (χ3n) is 4.81. The van der Waals surface area contributed by atoms with Gasteiger partial charge in [0.05, 0.1) is 7.11 Å². The van der Waals surface area contributed by atoms with Crippen LogP contribution >= 0.6 is 0 Å². The van der Waals surface area contributed by atoms with Gasteiger partial charge in [-0.25, -0.2) is 0 Å². The Balaban J connectivity index is 1.30. The molecule has 1 heterocycles. The molecule has 1 aliphatic heterocycles. The van der Waals surface area contributed by atoms with Crippen LogP contribution in [0.5, 0.6) is 5.75 Å². The molecule has 2 N–H and O–H groups in total. The highest BCUT2D eigenvalue weighted by atomic mass is 16.5. The van der Waals surface area contributed by atoms with Gasteiger partial charge >= 0.3 is 0 Å². The Bertz CT molecular complexity index is 607. The monoisotopic (exact) mass is 339 g/mol. The summed E-state index contributed by atoms with van der Waals surface area (Å²) in [5.74, 6) is 0.894. The zero-order valence-electron chi connectivity index (χ0n) is 15.1. The largest absolute Gasteiger partial charge is 0.497 e. The summed E-state index contributed by atoms with van der Waals surface area (Å²) in [4.78, 5) is 2.56. The second-order valence-electron chi connectivity index (χ2n) is 6.65. The molecule has 0 spiro atoms. The minimum absolute atomic E-state index is 0.643. The molecule has 0 amide bonds. The molecule has 2 aromatic carbocycles. The number of anilines is 1. The summed E-state index contributed by atoms with van der Waals surface area (Å²) in [6.07, 6.45) is 2.46. The Hall–Kier alpha value is -2.04. The molecule has 0 saturated carbocycles. The number of piperidine rings is 1. The molecule has 4 nitrogen and oxygen atoms in total. The first-order chi connectivity index (χ1) is 12.3. The number of nitrogens with zero attached hydrogens (tertiary/aromatic N) is 1. The summed E-state index contributed by atoms with van der Waals surface area (Å²) >= 11 is 0. The second-order valence-corrected chi connectivity index (χ2v) is 6.65. The molecule has 1 aliphatic rings. The van der Waals surface area contributed by atoms with Crippen LogP contribution in [0.25, 0.3) is 0 Å². The van der Waals surface area contributed by atoms with Crippen LogP contribution in [0.2, 0.25) is 0 Å². The first-order valence-electron chi connectivity index (χ1n) is 9.21. The average Bonchev–Trinajstić information content (AvgIpc) is 2.68. The minimum Gasteiger partial charge on any atom is -0.497 e. The van der Waals surface area contributed by atoms with Crippen molar-refractivity contribution >= 4 is 5.69 Å². The highest BCUT2D eigenvalue weighted by molar-refractivity contribution is 5.46. The summed E-state index contributed by atoms with van der Waals surface area (Å²) in [5, 5.41) is 7.13. The van der Waals surface area contributed by atoms with E-state index in [9.17, 15) is 0 Å². The van der Waals surface area contributed by atoms with Crippen LogP contribution in [0.3, 0.4) is 0 Å². The van der Waals surface area contributed by atoms with Crippen LogP contribution in [-0.2, 0) is 6.54 Å². The summed E-state index contributed by atoms with van der Waals surface area (Å²) in [7, 11) is 1.69. The van der Waals surface area contributed by atoms with E-state index in [4.69, 9.17) is 4.74 Å². The predicted molar refractivity (Wildman–Crippen MR) is 104 cm³/mol. The number of hydrogen-bond acceptors (Lipinski definition) is 4. The lowest BCUT2D eigenvalue weighted by atomic mass is 10.0. The van der Waals surface area contributed by atoms with Crippen LogP contribution in [-0.4, -0.2) is 44.2 Å². The van der Waals surface area contributed by atoms with Gasteiger partial charge in [0, 0.05) is 31.4 Å².